The lowest BCUT2D eigenvalue weighted by Gasteiger charge is -2.08. The van der Waals surface area contributed by atoms with Crippen molar-refractivity contribution in [1.29, 1.82) is 0 Å². The normalized spacial score (nSPS) is 12.7. The van der Waals surface area contributed by atoms with Gasteiger partial charge in [-0.1, -0.05) is 90.4 Å². The second kappa shape index (κ2) is 19.4. The number of thioether (sulfide) groups is 1. The minimum absolute atomic E-state index is 0.414. The number of methoxy groups -OCH3 is 1. The molecule has 0 spiro atoms. The van der Waals surface area contributed by atoms with Crippen molar-refractivity contribution in [3.63, 3.8) is 0 Å². The fraction of sp³-hybridized carbons (Fsp3) is 1.00. The Hall–Kier alpha value is 0.310. The van der Waals surface area contributed by atoms with Crippen molar-refractivity contribution < 1.29 is 4.74 Å². The molecule has 0 bridgehead atoms. The molecule has 0 saturated heterocycles. The Morgan fingerprint density at radius 3 is 1.50 bits per heavy atom. The van der Waals surface area contributed by atoms with E-state index >= 15 is 0 Å². The summed E-state index contributed by atoms with van der Waals surface area (Å²) in [6.07, 6.45) is 20.7. The van der Waals surface area contributed by atoms with Crippen LogP contribution in [-0.4, -0.2) is 24.7 Å². The van der Waals surface area contributed by atoms with E-state index in [9.17, 15) is 0 Å². The lowest BCUT2D eigenvalue weighted by Crippen LogP contribution is -2.07. The first-order valence-electron chi connectivity index (χ1n) is 9.91. The largest absolute Gasteiger partial charge is 0.381 e. The molecular formula is C20H42OS. The van der Waals surface area contributed by atoms with Crippen LogP contribution in [0.2, 0.25) is 0 Å². The quantitative estimate of drug-likeness (QED) is 0.245. The zero-order chi connectivity index (χ0) is 16.3. The van der Waals surface area contributed by atoms with Crippen LogP contribution < -0.4 is 0 Å². The maximum Gasteiger partial charge on any atom is 0.0633 e. The molecule has 0 aliphatic rings. The summed E-state index contributed by atoms with van der Waals surface area (Å²) >= 11 is 2.05. The van der Waals surface area contributed by atoms with Crippen LogP contribution in [0.1, 0.15) is 104 Å². The molecule has 0 aromatic heterocycles. The van der Waals surface area contributed by atoms with E-state index in [1.54, 1.807) is 7.11 Å². The van der Waals surface area contributed by atoms with Gasteiger partial charge in [0.05, 0.1) is 6.10 Å². The van der Waals surface area contributed by atoms with Gasteiger partial charge in [0.15, 0.2) is 0 Å². The fourth-order valence-electron chi connectivity index (χ4n) is 2.72. The van der Waals surface area contributed by atoms with Crippen LogP contribution in [0, 0.1) is 0 Å². The Balaban J connectivity index is 2.97. The summed E-state index contributed by atoms with van der Waals surface area (Å²) in [5, 5.41) is 0. The Bertz CT molecular complexity index is 196. The van der Waals surface area contributed by atoms with Gasteiger partial charge in [0, 0.05) is 12.9 Å². The molecule has 22 heavy (non-hydrogen) atoms. The van der Waals surface area contributed by atoms with Gasteiger partial charge in [-0.2, -0.15) is 11.8 Å². The maximum absolute atomic E-state index is 5.25. The zero-order valence-electron chi connectivity index (χ0n) is 15.7. The van der Waals surface area contributed by atoms with Crippen LogP contribution in [0.15, 0.2) is 0 Å². The fourth-order valence-corrected chi connectivity index (χ4v) is 3.76. The molecular weight excluding hydrogens is 288 g/mol. The zero-order valence-corrected chi connectivity index (χ0v) is 16.5. The van der Waals surface area contributed by atoms with E-state index in [0.717, 1.165) is 5.75 Å². The Kier molecular flexibility index (Phi) is 19.6. The smallest absolute Gasteiger partial charge is 0.0633 e. The summed E-state index contributed by atoms with van der Waals surface area (Å²) in [4.78, 5) is 0. The molecule has 2 heteroatoms. The summed E-state index contributed by atoms with van der Waals surface area (Å²) in [6, 6.07) is 0. The van der Waals surface area contributed by atoms with Gasteiger partial charge in [0.2, 0.25) is 0 Å². The number of hydrogen-bond donors (Lipinski definition) is 0. The molecule has 0 fully saturated rings. The Labute approximate surface area is 145 Å². The molecule has 1 nitrogen and oxygen atoms in total. The molecule has 0 radical (unpaired) electrons. The van der Waals surface area contributed by atoms with Crippen LogP contribution in [0.4, 0.5) is 0 Å². The van der Waals surface area contributed by atoms with Crippen molar-refractivity contribution in [3.8, 4) is 0 Å². The van der Waals surface area contributed by atoms with E-state index < -0.39 is 0 Å². The first-order chi connectivity index (χ1) is 10.8. The molecule has 0 saturated carbocycles. The molecule has 0 aliphatic carbocycles. The van der Waals surface area contributed by atoms with Gasteiger partial charge in [-0.15, -0.1) is 0 Å². The highest BCUT2D eigenvalue weighted by atomic mass is 32.2. The van der Waals surface area contributed by atoms with E-state index in [1.165, 1.54) is 95.6 Å². The average Bonchev–Trinajstić information content (AvgIpc) is 2.54. The third kappa shape index (κ3) is 18.4. The maximum atomic E-state index is 5.25. The van der Waals surface area contributed by atoms with Gasteiger partial charge in [0.1, 0.15) is 0 Å². The monoisotopic (exact) mass is 330 g/mol. The molecule has 134 valence electrons. The van der Waals surface area contributed by atoms with E-state index in [2.05, 4.69) is 13.8 Å². The molecule has 0 unspecified atom stereocenters. The Morgan fingerprint density at radius 2 is 1.09 bits per heavy atom. The first kappa shape index (κ1) is 22.3. The van der Waals surface area contributed by atoms with E-state index in [1.807, 2.05) is 11.8 Å². The molecule has 0 aliphatic heterocycles. The highest BCUT2D eigenvalue weighted by Crippen LogP contribution is 2.14. The molecule has 0 heterocycles. The second-order valence-corrected chi connectivity index (χ2v) is 7.87. The summed E-state index contributed by atoms with van der Waals surface area (Å²) < 4.78 is 5.25. The molecule has 0 aromatic carbocycles. The molecule has 0 aromatic rings. The highest BCUT2D eigenvalue weighted by molar-refractivity contribution is 7.99. The van der Waals surface area contributed by atoms with Crippen LogP contribution in [0.5, 0.6) is 0 Å². The first-order valence-corrected chi connectivity index (χ1v) is 11.1. The SMILES string of the molecule is CCCCCCCCCCCCCCCCSC[C@H](C)OC. The summed E-state index contributed by atoms with van der Waals surface area (Å²) in [5.74, 6) is 2.46. The lowest BCUT2D eigenvalue weighted by atomic mass is 10.0. The third-order valence-corrected chi connectivity index (χ3v) is 5.68. The molecule has 0 amide bonds. The number of unbranched alkanes of at least 4 members (excludes halogenated alkanes) is 13. The van der Waals surface area contributed by atoms with Crippen molar-refractivity contribution >= 4 is 11.8 Å². The minimum atomic E-state index is 0.414. The summed E-state index contributed by atoms with van der Waals surface area (Å²) in [7, 11) is 1.80. The van der Waals surface area contributed by atoms with Crippen molar-refractivity contribution in [2.24, 2.45) is 0 Å². The van der Waals surface area contributed by atoms with Gasteiger partial charge in [-0.3, -0.25) is 0 Å². The number of rotatable bonds is 18. The molecule has 1 atom stereocenters. The van der Waals surface area contributed by atoms with Crippen LogP contribution in [0.25, 0.3) is 0 Å². The summed E-state index contributed by atoms with van der Waals surface area (Å²) in [5.41, 5.74) is 0. The van der Waals surface area contributed by atoms with Gasteiger partial charge in [-0.25, -0.2) is 0 Å². The van der Waals surface area contributed by atoms with E-state index in [0.29, 0.717) is 6.10 Å². The lowest BCUT2D eigenvalue weighted by molar-refractivity contribution is 0.138. The van der Waals surface area contributed by atoms with Crippen molar-refractivity contribution in [1.82, 2.24) is 0 Å². The van der Waals surface area contributed by atoms with Crippen LogP contribution in [0.3, 0.4) is 0 Å². The van der Waals surface area contributed by atoms with Gasteiger partial charge >= 0.3 is 0 Å². The predicted octanol–water partition coefficient (Wildman–Crippen LogP) is 7.24. The van der Waals surface area contributed by atoms with Crippen molar-refractivity contribution in [2.45, 2.75) is 110 Å². The second-order valence-electron chi connectivity index (χ2n) is 6.72. The topological polar surface area (TPSA) is 9.23 Å². The number of hydrogen-bond acceptors (Lipinski definition) is 2. The van der Waals surface area contributed by atoms with Crippen molar-refractivity contribution in [2.75, 3.05) is 18.6 Å². The third-order valence-electron chi connectivity index (χ3n) is 4.40. The minimum Gasteiger partial charge on any atom is -0.381 e. The van der Waals surface area contributed by atoms with Gasteiger partial charge < -0.3 is 4.74 Å². The Morgan fingerprint density at radius 1 is 0.682 bits per heavy atom. The molecule has 0 N–H and O–H groups in total. The average molecular weight is 331 g/mol. The van der Waals surface area contributed by atoms with Gasteiger partial charge in [0.25, 0.3) is 0 Å². The van der Waals surface area contributed by atoms with Gasteiger partial charge in [-0.05, 0) is 19.1 Å². The van der Waals surface area contributed by atoms with Crippen LogP contribution in [-0.2, 0) is 4.74 Å². The van der Waals surface area contributed by atoms with Crippen molar-refractivity contribution in [3.05, 3.63) is 0 Å². The number of ether oxygens (including phenoxy) is 1. The molecule has 0 rings (SSSR count). The van der Waals surface area contributed by atoms with Crippen LogP contribution >= 0.6 is 11.8 Å². The van der Waals surface area contributed by atoms with E-state index in [-0.39, 0.29) is 0 Å². The predicted molar refractivity (Wildman–Crippen MR) is 104 cm³/mol. The standard InChI is InChI=1S/C20H42OS/c1-4-5-6-7-8-9-10-11-12-13-14-15-16-17-18-22-19-20(2)21-3/h20H,4-19H2,1-3H3/t20-/m0/s1. The van der Waals surface area contributed by atoms with E-state index in [4.69, 9.17) is 4.74 Å². The highest BCUT2D eigenvalue weighted by Gasteiger charge is 1.99. The summed E-state index contributed by atoms with van der Waals surface area (Å²) in [6.45, 7) is 4.44.